The standard InChI is InChI=1S/C25H19F3N4O7S/c1-37-22(35)15-10-40-23(29-15)31-20(33)16(8-12-4-2-3-5-14(12)25(26,27)28)32-21(34)19(30-24(32)36)13-6-7-17-18(9-13)39-11-38-17/h2-7,9-10,16,34H,8,11H2,1H3,(H,30,36)(H,29,31,33)/t16-/m0/s1. The van der Waals surface area contributed by atoms with Crippen LogP contribution in [-0.4, -0.2) is 45.4 Å². The number of thiazole rings is 1. The minimum Gasteiger partial charge on any atom is -0.493 e. The molecule has 0 spiro atoms. The van der Waals surface area contributed by atoms with E-state index in [-0.39, 0.29) is 28.9 Å². The molecule has 0 radical (unpaired) electrons. The number of fused-ring (bicyclic) bond motifs is 1. The molecule has 4 aromatic rings. The minimum absolute atomic E-state index is 0.0163. The maximum Gasteiger partial charge on any atom is 0.416 e. The lowest BCUT2D eigenvalue weighted by molar-refractivity contribution is -0.138. The Morgan fingerprint density at radius 1 is 1.23 bits per heavy atom. The zero-order valence-electron chi connectivity index (χ0n) is 20.4. The molecule has 1 amide bonds. The fraction of sp³-hybridized carbons (Fsp3) is 0.200. The lowest BCUT2D eigenvalue weighted by Gasteiger charge is -2.20. The number of imidazole rings is 1. The number of hydrogen-bond acceptors (Lipinski definition) is 9. The van der Waals surface area contributed by atoms with Crippen LogP contribution in [0.25, 0.3) is 11.3 Å². The van der Waals surface area contributed by atoms with Gasteiger partial charge in [-0.25, -0.2) is 19.1 Å². The van der Waals surface area contributed by atoms with Crippen LogP contribution in [0.5, 0.6) is 17.4 Å². The molecule has 40 heavy (non-hydrogen) atoms. The number of rotatable bonds is 7. The minimum atomic E-state index is -4.74. The van der Waals surface area contributed by atoms with Crippen molar-refractivity contribution in [1.29, 1.82) is 0 Å². The molecular weight excluding hydrogens is 557 g/mol. The van der Waals surface area contributed by atoms with Crippen molar-refractivity contribution < 1.29 is 42.1 Å². The van der Waals surface area contributed by atoms with Gasteiger partial charge in [-0.15, -0.1) is 11.3 Å². The van der Waals surface area contributed by atoms with E-state index in [1.165, 1.54) is 35.7 Å². The fourth-order valence-corrected chi connectivity index (χ4v) is 4.87. The topological polar surface area (TPSA) is 145 Å². The van der Waals surface area contributed by atoms with Crippen molar-refractivity contribution in [3.63, 3.8) is 0 Å². The predicted molar refractivity (Wildman–Crippen MR) is 135 cm³/mol. The Bertz CT molecular complexity index is 1660. The van der Waals surface area contributed by atoms with Gasteiger partial charge in [-0.1, -0.05) is 18.2 Å². The first-order chi connectivity index (χ1) is 19.1. The summed E-state index contributed by atoms with van der Waals surface area (Å²) in [5, 5.41) is 14.8. The highest BCUT2D eigenvalue weighted by atomic mass is 32.1. The largest absolute Gasteiger partial charge is 0.493 e. The van der Waals surface area contributed by atoms with Gasteiger partial charge in [-0.05, 0) is 29.8 Å². The van der Waals surface area contributed by atoms with Gasteiger partial charge in [0.1, 0.15) is 11.7 Å². The van der Waals surface area contributed by atoms with E-state index in [1.54, 1.807) is 6.07 Å². The zero-order valence-corrected chi connectivity index (χ0v) is 21.3. The summed E-state index contributed by atoms with van der Waals surface area (Å²) in [5.41, 5.74) is -2.14. The third-order valence-corrected chi connectivity index (χ3v) is 6.80. The highest BCUT2D eigenvalue weighted by Crippen LogP contribution is 2.39. The Hall–Kier alpha value is -4.79. The Morgan fingerprint density at radius 2 is 1.98 bits per heavy atom. The van der Waals surface area contributed by atoms with Crippen LogP contribution in [0.4, 0.5) is 18.3 Å². The molecule has 208 valence electrons. The number of anilines is 1. The van der Waals surface area contributed by atoms with Crippen molar-refractivity contribution >= 4 is 28.3 Å². The zero-order chi connectivity index (χ0) is 28.6. The SMILES string of the molecule is COC(=O)c1csc(NC(=O)[C@H](Cc2ccccc2C(F)(F)F)n2c(O)c(-c3ccc4c(c3)OCO4)[nH]c2=O)n1. The number of aromatic hydroxyl groups is 1. The number of methoxy groups -OCH3 is 1. The summed E-state index contributed by atoms with van der Waals surface area (Å²) < 4.78 is 57.1. The number of nitrogens with zero attached hydrogens (tertiary/aromatic N) is 2. The molecule has 11 nitrogen and oxygen atoms in total. The maximum atomic E-state index is 13.8. The van der Waals surface area contributed by atoms with Crippen LogP contribution in [0.1, 0.15) is 27.7 Å². The second-order valence-corrected chi connectivity index (χ2v) is 9.32. The van der Waals surface area contributed by atoms with Crippen LogP contribution in [0.15, 0.2) is 52.6 Å². The molecule has 0 fully saturated rings. The maximum absolute atomic E-state index is 13.8. The number of carbonyl (C=O) groups excluding carboxylic acids is 2. The van der Waals surface area contributed by atoms with Gasteiger partial charge in [0.2, 0.25) is 18.6 Å². The molecule has 1 atom stereocenters. The summed E-state index contributed by atoms with van der Waals surface area (Å²) in [7, 11) is 1.15. The van der Waals surface area contributed by atoms with Gasteiger partial charge in [-0.2, -0.15) is 13.2 Å². The number of carbonyl (C=O) groups is 2. The van der Waals surface area contributed by atoms with E-state index >= 15 is 0 Å². The number of halogens is 3. The summed E-state index contributed by atoms with van der Waals surface area (Å²) in [5.74, 6) is -1.62. The molecular formula is C25H19F3N4O7S. The smallest absolute Gasteiger partial charge is 0.416 e. The van der Waals surface area contributed by atoms with Crippen LogP contribution in [-0.2, 0) is 22.1 Å². The Balaban J connectivity index is 1.56. The summed E-state index contributed by atoms with van der Waals surface area (Å²) in [6.07, 6.45) is -5.37. The molecule has 0 saturated carbocycles. The molecule has 0 bridgehead atoms. The number of H-pyrrole nitrogens is 1. The third-order valence-electron chi connectivity index (χ3n) is 6.04. The highest BCUT2D eigenvalue weighted by Gasteiger charge is 2.36. The van der Waals surface area contributed by atoms with Gasteiger partial charge in [0.05, 0.1) is 12.7 Å². The van der Waals surface area contributed by atoms with Gasteiger partial charge < -0.3 is 29.6 Å². The number of alkyl halides is 3. The van der Waals surface area contributed by atoms with Crippen LogP contribution < -0.4 is 20.5 Å². The molecule has 0 unspecified atom stereocenters. The van der Waals surface area contributed by atoms with Crippen LogP contribution in [0.3, 0.4) is 0 Å². The summed E-state index contributed by atoms with van der Waals surface area (Å²) in [6.45, 7) is -0.0163. The third kappa shape index (κ3) is 5.10. The molecule has 2 aromatic carbocycles. The molecule has 3 heterocycles. The molecule has 3 N–H and O–H groups in total. The number of benzene rings is 2. The van der Waals surface area contributed by atoms with E-state index in [0.717, 1.165) is 24.5 Å². The second-order valence-electron chi connectivity index (χ2n) is 8.46. The number of amides is 1. The summed E-state index contributed by atoms with van der Waals surface area (Å²) in [4.78, 5) is 44.7. The average Bonchev–Trinajstić information content (AvgIpc) is 3.65. The number of aromatic amines is 1. The Kier molecular flexibility index (Phi) is 6.97. The van der Waals surface area contributed by atoms with Crippen molar-refractivity contribution in [3.05, 3.63) is 75.1 Å². The van der Waals surface area contributed by atoms with E-state index in [0.29, 0.717) is 21.6 Å². The number of ether oxygens (including phenoxy) is 3. The molecule has 1 aliphatic rings. The van der Waals surface area contributed by atoms with Crippen LogP contribution >= 0.6 is 11.3 Å². The Labute approximate surface area is 226 Å². The van der Waals surface area contributed by atoms with Crippen LogP contribution in [0, 0.1) is 0 Å². The normalized spacial score (nSPS) is 13.2. The van der Waals surface area contributed by atoms with Crippen molar-refractivity contribution in [2.45, 2.75) is 18.6 Å². The van der Waals surface area contributed by atoms with E-state index in [4.69, 9.17) is 9.47 Å². The molecule has 2 aromatic heterocycles. The molecule has 1 aliphatic heterocycles. The number of esters is 1. The van der Waals surface area contributed by atoms with Crippen molar-refractivity contribution in [3.8, 4) is 28.6 Å². The lowest BCUT2D eigenvalue weighted by atomic mass is 9.99. The first kappa shape index (κ1) is 26.8. The molecule has 0 saturated heterocycles. The summed E-state index contributed by atoms with van der Waals surface area (Å²) in [6, 6.07) is 7.50. The predicted octanol–water partition coefficient (Wildman–Crippen LogP) is 3.96. The van der Waals surface area contributed by atoms with Gasteiger partial charge in [0, 0.05) is 17.4 Å². The molecule has 5 rings (SSSR count). The van der Waals surface area contributed by atoms with Gasteiger partial charge in [0.25, 0.3) is 0 Å². The van der Waals surface area contributed by atoms with E-state index < -0.39 is 47.6 Å². The van der Waals surface area contributed by atoms with Crippen LogP contribution in [0.2, 0.25) is 0 Å². The fourth-order valence-electron chi connectivity index (χ4n) is 4.18. The van der Waals surface area contributed by atoms with Crippen molar-refractivity contribution in [1.82, 2.24) is 14.5 Å². The number of aromatic nitrogens is 3. The second kappa shape index (κ2) is 10.4. The van der Waals surface area contributed by atoms with Gasteiger partial charge >= 0.3 is 17.8 Å². The molecule has 0 aliphatic carbocycles. The monoisotopic (exact) mass is 576 g/mol. The number of hydrogen-bond donors (Lipinski definition) is 3. The van der Waals surface area contributed by atoms with Crippen molar-refractivity contribution in [2.75, 3.05) is 19.2 Å². The van der Waals surface area contributed by atoms with E-state index in [2.05, 4.69) is 20.0 Å². The first-order valence-electron chi connectivity index (χ1n) is 11.5. The summed E-state index contributed by atoms with van der Waals surface area (Å²) >= 11 is 0.862. The quantitative estimate of drug-likeness (QED) is 0.281. The number of nitrogens with one attached hydrogen (secondary N) is 2. The Morgan fingerprint density at radius 3 is 2.73 bits per heavy atom. The van der Waals surface area contributed by atoms with E-state index in [1.807, 2.05) is 0 Å². The first-order valence-corrected chi connectivity index (χ1v) is 12.4. The lowest BCUT2D eigenvalue weighted by Crippen LogP contribution is -2.34. The average molecular weight is 577 g/mol. The van der Waals surface area contributed by atoms with E-state index in [9.17, 15) is 32.7 Å². The highest BCUT2D eigenvalue weighted by molar-refractivity contribution is 7.14. The van der Waals surface area contributed by atoms with Gasteiger partial charge in [-0.3, -0.25) is 4.79 Å². The molecule has 15 heteroatoms. The van der Waals surface area contributed by atoms with Crippen molar-refractivity contribution in [2.24, 2.45) is 0 Å². The van der Waals surface area contributed by atoms with Gasteiger partial charge in [0.15, 0.2) is 22.3 Å².